The molecule has 0 bridgehead atoms. The van der Waals surface area contributed by atoms with E-state index < -0.39 is 11.7 Å². The third-order valence-corrected chi connectivity index (χ3v) is 3.08. The van der Waals surface area contributed by atoms with Gasteiger partial charge in [0.05, 0.1) is 5.56 Å². The molecule has 0 saturated carbocycles. The summed E-state index contributed by atoms with van der Waals surface area (Å²) in [7, 11) is 0. The molecule has 0 spiro atoms. The number of benzene rings is 1. The van der Waals surface area contributed by atoms with E-state index in [4.69, 9.17) is 10.8 Å². The van der Waals surface area contributed by atoms with E-state index >= 15 is 0 Å². The first-order chi connectivity index (χ1) is 9.49. The van der Waals surface area contributed by atoms with Gasteiger partial charge in [0, 0.05) is 19.2 Å². The summed E-state index contributed by atoms with van der Waals surface area (Å²) in [5.41, 5.74) is 5.51. The van der Waals surface area contributed by atoms with Gasteiger partial charge < -0.3 is 16.2 Å². The summed E-state index contributed by atoms with van der Waals surface area (Å²) in [5.74, 6) is 0. The molecule has 1 aromatic rings. The third kappa shape index (κ3) is 5.48. The second-order valence-electron chi connectivity index (χ2n) is 4.65. The molecule has 4 N–H and O–H groups in total. The van der Waals surface area contributed by atoms with E-state index in [0.717, 1.165) is 31.4 Å². The number of nitrogens with two attached hydrogens (primary N) is 1. The summed E-state index contributed by atoms with van der Waals surface area (Å²) in [6.07, 6.45) is -1.87. The van der Waals surface area contributed by atoms with Crippen LogP contribution >= 0.6 is 0 Å². The third-order valence-electron chi connectivity index (χ3n) is 3.08. The summed E-state index contributed by atoms with van der Waals surface area (Å²) in [4.78, 5) is 0. The number of aliphatic hydroxyl groups excluding tert-OH is 1. The molecule has 0 aliphatic rings. The van der Waals surface area contributed by atoms with Crippen molar-refractivity contribution in [3.8, 4) is 0 Å². The molecule has 1 unspecified atom stereocenters. The van der Waals surface area contributed by atoms with Gasteiger partial charge in [-0.05, 0) is 43.5 Å². The Morgan fingerprint density at radius 2 is 1.95 bits per heavy atom. The van der Waals surface area contributed by atoms with Crippen molar-refractivity contribution in [2.24, 2.45) is 5.73 Å². The van der Waals surface area contributed by atoms with E-state index in [1.54, 1.807) is 6.07 Å². The zero-order valence-corrected chi connectivity index (χ0v) is 11.3. The van der Waals surface area contributed by atoms with Crippen LogP contribution in [0.15, 0.2) is 24.3 Å². The van der Waals surface area contributed by atoms with Gasteiger partial charge in [-0.25, -0.2) is 0 Å². The molecule has 0 fully saturated rings. The van der Waals surface area contributed by atoms with E-state index in [-0.39, 0.29) is 19.2 Å². The van der Waals surface area contributed by atoms with E-state index in [9.17, 15) is 13.2 Å². The van der Waals surface area contributed by atoms with E-state index in [2.05, 4.69) is 5.32 Å². The van der Waals surface area contributed by atoms with Gasteiger partial charge in [-0.15, -0.1) is 0 Å². The second-order valence-corrected chi connectivity index (χ2v) is 4.65. The van der Waals surface area contributed by atoms with Crippen molar-refractivity contribution >= 4 is 0 Å². The first kappa shape index (κ1) is 16.9. The number of hydrogen-bond acceptors (Lipinski definition) is 3. The molecule has 0 amide bonds. The lowest BCUT2D eigenvalue weighted by molar-refractivity contribution is -0.137. The molecule has 1 rings (SSSR count). The minimum atomic E-state index is -4.34. The standard InChI is InChI=1S/C14H21F3N2O/c15-14(16,17)12-6-4-5-11(9-12)13(10-18)19-7-2-1-3-8-20/h4-6,9,13,19-20H,1-3,7-8,10,18H2. The fraction of sp³-hybridized carbons (Fsp3) is 0.571. The predicted molar refractivity (Wildman–Crippen MR) is 72.2 cm³/mol. The zero-order chi connectivity index (χ0) is 15.0. The summed E-state index contributed by atoms with van der Waals surface area (Å²) in [5, 5.41) is 11.8. The maximum Gasteiger partial charge on any atom is 0.416 e. The van der Waals surface area contributed by atoms with Crippen molar-refractivity contribution < 1.29 is 18.3 Å². The van der Waals surface area contributed by atoms with Crippen molar-refractivity contribution in [2.45, 2.75) is 31.5 Å². The quantitative estimate of drug-likeness (QED) is 0.645. The Labute approximate surface area is 117 Å². The molecule has 0 heterocycles. The molecular formula is C14H21F3N2O. The number of unbranched alkanes of at least 4 members (excludes halogenated alkanes) is 2. The first-order valence-corrected chi connectivity index (χ1v) is 6.70. The normalized spacial score (nSPS) is 13.4. The second kappa shape index (κ2) is 8.24. The highest BCUT2D eigenvalue weighted by Crippen LogP contribution is 2.30. The van der Waals surface area contributed by atoms with Crippen LogP contribution in [0.4, 0.5) is 13.2 Å². The smallest absolute Gasteiger partial charge is 0.396 e. The minimum absolute atomic E-state index is 0.161. The van der Waals surface area contributed by atoms with Crippen LogP contribution in [0.25, 0.3) is 0 Å². The van der Waals surface area contributed by atoms with Crippen LogP contribution in [0.3, 0.4) is 0 Å². The first-order valence-electron chi connectivity index (χ1n) is 6.70. The Morgan fingerprint density at radius 1 is 1.20 bits per heavy atom. The van der Waals surface area contributed by atoms with Gasteiger partial charge in [0.1, 0.15) is 0 Å². The Morgan fingerprint density at radius 3 is 2.55 bits per heavy atom. The highest BCUT2D eigenvalue weighted by Gasteiger charge is 2.30. The fourth-order valence-corrected chi connectivity index (χ4v) is 1.96. The highest BCUT2D eigenvalue weighted by atomic mass is 19.4. The Bertz CT molecular complexity index is 396. The van der Waals surface area contributed by atoms with Crippen LogP contribution in [0, 0.1) is 0 Å². The summed E-state index contributed by atoms with van der Waals surface area (Å²) < 4.78 is 38.0. The summed E-state index contributed by atoms with van der Waals surface area (Å²) in [6.45, 7) is 1.06. The average Bonchev–Trinajstić information content (AvgIpc) is 2.42. The van der Waals surface area contributed by atoms with Gasteiger partial charge in [0.25, 0.3) is 0 Å². The lowest BCUT2D eigenvalue weighted by Gasteiger charge is -2.18. The Hall–Kier alpha value is -1.11. The van der Waals surface area contributed by atoms with E-state index in [0.29, 0.717) is 12.1 Å². The van der Waals surface area contributed by atoms with Gasteiger partial charge in [-0.2, -0.15) is 13.2 Å². The number of hydrogen-bond donors (Lipinski definition) is 3. The van der Waals surface area contributed by atoms with Crippen LogP contribution in [0.5, 0.6) is 0 Å². The van der Waals surface area contributed by atoms with Crippen molar-refractivity contribution in [1.82, 2.24) is 5.32 Å². The highest BCUT2D eigenvalue weighted by molar-refractivity contribution is 5.28. The molecule has 20 heavy (non-hydrogen) atoms. The molecule has 114 valence electrons. The van der Waals surface area contributed by atoms with Crippen LogP contribution in [-0.4, -0.2) is 24.8 Å². The maximum absolute atomic E-state index is 12.7. The molecule has 1 aromatic carbocycles. The fourth-order valence-electron chi connectivity index (χ4n) is 1.96. The molecule has 0 saturated heterocycles. The number of alkyl halides is 3. The maximum atomic E-state index is 12.7. The Balaban J connectivity index is 2.61. The van der Waals surface area contributed by atoms with Crippen molar-refractivity contribution in [3.63, 3.8) is 0 Å². The van der Waals surface area contributed by atoms with E-state index in [1.807, 2.05) is 0 Å². The number of aliphatic hydroxyl groups is 1. The van der Waals surface area contributed by atoms with Gasteiger partial charge in [0.2, 0.25) is 0 Å². The SMILES string of the molecule is NCC(NCCCCCO)c1cccc(C(F)(F)F)c1. The monoisotopic (exact) mass is 290 g/mol. The van der Waals surface area contributed by atoms with Crippen molar-refractivity contribution in [2.75, 3.05) is 19.7 Å². The molecule has 3 nitrogen and oxygen atoms in total. The van der Waals surface area contributed by atoms with Gasteiger partial charge in [0.15, 0.2) is 0 Å². The summed E-state index contributed by atoms with van der Waals surface area (Å²) in [6, 6.07) is 4.95. The van der Waals surface area contributed by atoms with E-state index in [1.165, 1.54) is 6.07 Å². The topological polar surface area (TPSA) is 58.3 Å². The van der Waals surface area contributed by atoms with Gasteiger partial charge >= 0.3 is 6.18 Å². The van der Waals surface area contributed by atoms with Crippen LogP contribution < -0.4 is 11.1 Å². The molecular weight excluding hydrogens is 269 g/mol. The number of rotatable bonds is 8. The number of halogens is 3. The van der Waals surface area contributed by atoms with Crippen LogP contribution in [0.2, 0.25) is 0 Å². The molecule has 0 radical (unpaired) electrons. The van der Waals surface area contributed by atoms with Gasteiger partial charge in [-0.1, -0.05) is 12.1 Å². The molecule has 0 aromatic heterocycles. The predicted octanol–water partition coefficient (Wildman–Crippen LogP) is 2.46. The van der Waals surface area contributed by atoms with Crippen LogP contribution in [-0.2, 0) is 6.18 Å². The van der Waals surface area contributed by atoms with Crippen molar-refractivity contribution in [3.05, 3.63) is 35.4 Å². The molecule has 1 atom stereocenters. The Kier molecular flexibility index (Phi) is 6.98. The lowest BCUT2D eigenvalue weighted by atomic mass is 10.0. The van der Waals surface area contributed by atoms with Gasteiger partial charge in [-0.3, -0.25) is 0 Å². The van der Waals surface area contributed by atoms with Crippen LogP contribution in [0.1, 0.15) is 36.4 Å². The molecule has 0 aliphatic carbocycles. The largest absolute Gasteiger partial charge is 0.416 e. The average molecular weight is 290 g/mol. The zero-order valence-electron chi connectivity index (χ0n) is 11.3. The lowest BCUT2D eigenvalue weighted by Crippen LogP contribution is -2.29. The summed E-state index contributed by atoms with van der Waals surface area (Å²) >= 11 is 0. The number of nitrogens with one attached hydrogen (secondary N) is 1. The van der Waals surface area contributed by atoms with Crippen molar-refractivity contribution in [1.29, 1.82) is 0 Å². The molecule has 6 heteroatoms. The molecule has 0 aliphatic heterocycles. The minimum Gasteiger partial charge on any atom is -0.396 e.